The number of ketones is 1. The summed E-state index contributed by atoms with van der Waals surface area (Å²) in [5.41, 5.74) is 0.0376. The van der Waals surface area contributed by atoms with Gasteiger partial charge in [-0.25, -0.2) is 0 Å². The number of alkyl halides is 3. The molecule has 2 aromatic rings. The van der Waals surface area contributed by atoms with Crippen LogP contribution in [-0.2, 0) is 4.79 Å². The van der Waals surface area contributed by atoms with Crippen LogP contribution in [0.2, 0.25) is 0 Å². The van der Waals surface area contributed by atoms with Gasteiger partial charge in [-0.1, -0.05) is 48.5 Å². The average Bonchev–Trinajstić information content (AvgIpc) is 2.47. The van der Waals surface area contributed by atoms with Crippen LogP contribution < -0.4 is 5.32 Å². The third-order valence-corrected chi connectivity index (χ3v) is 2.95. The average molecular weight is 307 g/mol. The van der Waals surface area contributed by atoms with Gasteiger partial charge in [0.2, 0.25) is 5.91 Å². The maximum absolute atomic E-state index is 13.1. The van der Waals surface area contributed by atoms with E-state index in [1.165, 1.54) is 36.4 Å². The van der Waals surface area contributed by atoms with Crippen LogP contribution in [0.25, 0.3) is 0 Å². The van der Waals surface area contributed by atoms with Gasteiger partial charge in [0.05, 0.1) is 0 Å². The van der Waals surface area contributed by atoms with Gasteiger partial charge in [0.1, 0.15) is 0 Å². The van der Waals surface area contributed by atoms with Crippen LogP contribution in [-0.4, -0.2) is 17.9 Å². The minimum Gasteiger partial charge on any atom is -0.325 e. The Hall–Kier alpha value is -2.63. The quantitative estimate of drug-likeness (QED) is 0.692. The molecule has 2 aromatic carbocycles. The molecule has 0 saturated heterocycles. The molecule has 0 radical (unpaired) electrons. The summed E-state index contributed by atoms with van der Waals surface area (Å²) >= 11 is 0. The van der Waals surface area contributed by atoms with E-state index >= 15 is 0 Å². The predicted molar refractivity (Wildman–Crippen MR) is 75.4 cm³/mol. The SMILES string of the molecule is O=C(Nc1ccccc1)C(C(=O)c1ccccc1)C(F)(F)F. The number of amides is 1. The van der Waals surface area contributed by atoms with Gasteiger partial charge in [-0.3, -0.25) is 9.59 Å². The lowest BCUT2D eigenvalue weighted by molar-refractivity contribution is -0.168. The van der Waals surface area contributed by atoms with E-state index < -0.39 is 23.8 Å². The number of rotatable bonds is 4. The Morgan fingerprint density at radius 3 is 1.86 bits per heavy atom. The molecule has 22 heavy (non-hydrogen) atoms. The summed E-state index contributed by atoms with van der Waals surface area (Å²) in [6.07, 6.45) is -4.97. The van der Waals surface area contributed by atoms with E-state index in [1.807, 2.05) is 0 Å². The molecule has 0 fully saturated rings. The summed E-state index contributed by atoms with van der Waals surface area (Å²) in [5, 5.41) is 2.12. The van der Waals surface area contributed by atoms with Crippen LogP contribution in [0.4, 0.5) is 18.9 Å². The molecular formula is C16H12F3NO2. The molecule has 2 rings (SSSR count). The molecule has 0 bridgehead atoms. The van der Waals surface area contributed by atoms with Crippen molar-refractivity contribution in [1.82, 2.24) is 0 Å². The Morgan fingerprint density at radius 1 is 0.864 bits per heavy atom. The van der Waals surface area contributed by atoms with Crippen molar-refractivity contribution in [3.05, 3.63) is 66.2 Å². The first kappa shape index (κ1) is 15.8. The van der Waals surface area contributed by atoms with Crippen molar-refractivity contribution < 1.29 is 22.8 Å². The highest BCUT2D eigenvalue weighted by molar-refractivity contribution is 6.14. The number of anilines is 1. The molecule has 0 aliphatic rings. The number of hydrogen-bond donors (Lipinski definition) is 1. The zero-order valence-electron chi connectivity index (χ0n) is 11.3. The minimum absolute atomic E-state index is 0.159. The molecule has 0 aromatic heterocycles. The molecule has 0 spiro atoms. The zero-order valence-corrected chi connectivity index (χ0v) is 11.3. The van der Waals surface area contributed by atoms with Crippen molar-refractivity contribution in [3.63, 3.8) is 0 Å². The van der Waals surface area contributed by atoms with Crippen molar-refractivity contribution >= 4 is 17.4 Å². The van der Waals surface area contributed by atoms with E-state index in [9.17, 15) is 22.8 Å². The smallest absolute Gasteiger partial charge is 0.325 e. The van der Waals surface area contributed by atoms with Gasteiger partial charge in [-0.15, -0.1) is 0 Å². The molecule has 1 unspecified atom stereocenters. The fraction of sp³-hybridized carbons (Fsp3) is 0.125. The topological polar surface area (TPSA) is 46.2 Å². The third-order valence-electron chi connectivity index (χ3n) is 2.95. The number of para-hydroxylation sites is 1. The zero-order chi connectivity index (χ0) is 16.2. The minimum atomic E-state index is -4.97. The van der Waals surface area contributed by atoms with Crippen LogP contribution in [0.5, 0.6) is 0 Å². The first-order valence-electron chi connectivity index (χ1n) is 6.41. The van der Waals surface area contributed by atoms with Crippen LogP contribution in [0.1, 0.15) is 10.4 Å². The summed E-state index contributed by atoms with van der Waals surface area (Å²) in [6.45, 7) is 0. The monoisotopic (exact) mass is 307 g/mol. The Kier molecular flexibility index (Phi) is 4.60. The molecule has 0 aliphatic carbocycles. The molecule has 114 valence electrons. The number of carbonyl (C=O) groups is 2. The van der Waals surface area contributed by atoms with Gasteiger partial charge in [-0.05, 0) is 12.1 Å². The maximum atomic E-state index is 13.1. The number of benzene rings is 2. The number of Topliss-reactive ketones (excluding diaryl/α,β-unsaturated/α-hetero) is 1. The predicted octanol–water partition coefficient (Wildman–Crippen LogP) is 3.69. The summed E-state index contributed by atoms with van der Waals surface area (Å²) in [4.78, 5) is 24.0. The van der Waals surface area contributed by atoms with E-state index in [-0.39, 0.29) is 11.3 Å². The van der Waals surface area contributed by atoms with Crippen molar-refractivity contribution in [2.24, 2.45) is 5.92 Å². The molecule has 1 amide bonds. The number of halogens is 3. The lowest BCUT2D eigenvalue weighted by Gasteiger charge is -2.18. The van der Waals surface area contributed by atoms with Crippen molar-refractivity contribution in [1.29, 1.82) is 0 Å². The number of carbonyl (C=O) groups excluding carboxylic acids is 2. The van der Waals surface area contributed by atoms with E-state index in [0.29, 0.717) is 0 Å². The standard InChI is InChI=1S/C16H12F3NO2/c17-16(18,19)13(14(21)11-7-3-1-4-8-11)15(22)20-12-9-5-2-6-10-12/h1-10,13H,(H,20,22). The van der Waals surface area contributed by atoms with E-state index in [2.05, 4.69) is 5.32 Å². The Bertz CT molecular complexity index is 654. The van der Waals surface area contributed by atoms with Crippen LogP contribution >= 0.6 is 0 Å². The maximum Gasteiger partial charge on any atom is 0.407 e. The Labute approximate surface area is 124 Å². The van der Waals surface area contributed by atoms with Gasteiger partial charge in [-0.2, -0.15) is 13.2 Å². The summed E-state index contributed by atoms with van der Waals surface area (Å²) in [7, 11) is 0. The fourth-order valence-electron chi connectivity index (χ4n) is 1.92. The van der Waals surface area contributed by atoms with Gasteiger partial charge < -0.3 is 5.32 Å². The Morgan fingerprint density at radius 2 is 1.36 bits per heavy atom. The molecule has 1 atom stereocenters. The molecule has 6 heteroatoms. The fourth-order valence-corrected chi connectivity index (χ4v) is 1.92. The second-order valence-corrected chi connectivity index (χ2v) is 4.56. The van der Waals surface area contributed by atoms with E-state index in [0.717, 1.165) is 0 Å². The summed E-state index contributed by atoms with van der Waals surface area (Å²) in [6, 6.07) is 14.6. The van der Waals surface area contributed by atoms with Crippen LogP contribution in [0.3, 0.4) is 0 Å². The van der Waals surface area contributed by atoms with E-state index in [4.69, 9.17) is 0 Å². The summed E-state index contributed by atoms with van der Waals surface area (Å²) in [5.74, 6) is -5.41. The molecule has 1 N–H and O–H groups in total. The lowest BCUT2D eigenvalue weighted by Crippen LogP contribution is -2.40. The second kappa shape index (κ2) is 6.43. The molecule has 0 heterocycles. The first-order valence-corrected chi connectivity index (χ1v) is 6.41. The van der Waals surface area contributed by atoms with Crippen molar-refractivity contribution in [3.8, 4) is 0 Å². The summed E-state index contributed by atoms with van der Waals surface area (Å²) < 4.78 is 39.4. The highest BCUT2D eigenvalue weighted by Crippen LogP contribution is 2.30. The van der Waals surface area contributed by atoms with Crippen molar-refractivity contribution in [2.75, 3.05) is 5.32 Å². The van der Waals surface area contributed by atoms with Gasteiger partial charge in [0.25, 0.3) is 0 Å². The highest BCUT2D eigenvalue weighted by Gasteiger charge is 2.50. The molecule has 0 saturated carbocycles. The first-order chi connectivity index (χ1) is 10.4. The lowest BCUT2D eigenvalue weighted by atomic mass is 9.96. The number of hydrogen-bond acceptors (Lipinski definition) is 2. The normalized spacial score (nSPS) is 12.5. The third kappa shape index (κ3) is 3.72. The number of nitrogens with one attached hydrogen (secondary N) is 1. The Balaban J connectivity index is 2.27. The van der Waals surface area contributed by atoms with Crippen molar-refractivity contribution in [2.45, 2.75) is 6.18 Å². The molecule has 3 nitrogen and oxygen atoms in total. The highest BCUT2D eigenvalue weighted by atomic mass is 19.4. The molecule has 0 aliphatic heterocycles. The second-order valence-electron chi connectivity index (χ2n) is 4.56. The largest absolute Gasteiger partial charge is 0.407 e. The van der Waals surface area contributed by atoms with Gasteiger partial charge in [0.15, 0.2) is 11.7 Å². The van der Waals surface area contributed by atoms with Crippen LogP contribution in [0.15, 0.2) is 60.7 Å². The van der Waals surface area contributed by atoms with Gasteiger partial charge in [0, 0.05) is 11.3 Å². The van der Waals surface area contributed by atoms with E-state index in [1.54, 1.807) is 24.3 Å². The molecular weight excluding hydrogens is 295 g/mol. The van der Waals surface area contributed by atoms with Crippen LogP contribution in [0, 0.1) is 5.92 Å². The van der Waals surface area contributed by atoms with Gasteiger partial charge >= 0.3 is 6.18 Å².